The molecule has 140 valence electrons. The second-order valence-corrected chi connectivity index (χ2v) is 7.74. The first-order valence-corrected chi connectivity index (χ1v) is 9.75. The largest absolute Gasteiger partial charge is 0.353 e. The molecule has 0 spiro atoms. The van der Waals surface area contributed by atoms with Gasteiger partial charge in [0.25, 0.3) is 0 Å². The third-order valence-corrected chi connectivity index (χ3v) is 5.90. The standard InChI is InChI=1S/C20H24N6O/c1-13(27)25-9-7-16-18(12-25)23-19(17-4-2-3-8-21-17)24-20(16)26-10-14-5-6-15(11-26)22-14/h2-4,8,14-15,22H,5-7,9-12H2,1H3/t14-,15+. The van der Waals surface area contributed by atoms with E-state index in [0.29, 0.717) is 24.5 Å². The smallest absolute Gasteiger partial charge is 0.219 e. The predicted molar refractivity (Wildman–Crippen MR) is 102 cm³/mol. The molecule has 27 heavy (non-hydrogen) atoms. The Morgan fingerprint density at radius 2 is 2.00 bits per heavy atom. The lowest BCUT2D eigenvalue weighted by Gasteiger charge is -2.37. The highest BCUT2D eigenvalue weighted by atomic mass is 16.2. The Bertz CT molecular complexity index is 858. The molecule has 3 aliphatic heterocycles. The zero-order valence-electron chi connectivity index (χ0n) is 15.6. The summed E-state index contributed by atoms with van der Waals surface area (Å²) >= 11 is 0. The number of fused-ring (bicyclic) bond motifs is 3. The third kappa shape index (κ3) is 3.06. The van der Waals surface area contributed by atoms with Crippen molar-refractivity contribution in [3.05, 3.63) is 35.7 Å². The van der Waals surface area contributed by atoms with E-state index in [-0.39, 0.29) is 5.91 Å². The number of pyridine rings is 1. The maximum Gasteiger partial charge on any atom is 0.219 e. The number of carbonyl (C=O) groups excluding carboxylic acids is 1. The van der Waals surface area contributed by atoms with Gasteiger partial charge >= 0.3 is 0 Å². The summed E-state index contributed by atoms with van der Waals surface area (Å²) in [5.41, 5.74) is 2.95. The van der Waals surface area contributed by atoms with E-state index >= 15 is 0 Å². The molecule has 2 fully saturated rings. The van der Waals surface area contributed by atoms with Crippen LogP contribution in [0.2, 0.25) is 0 Å². The molecule has 0 saturated carbocycles. The monoisotopic (exact) mass is 364 g/mol. The molecule has 0 radical (unpaired) electrons. The number of hydrogen-bond donors (Lipinski definition) is 1. The average Bonchev–Trinajstić information content (AvgIpc) is 3.04. The fraction of sp³-hybridized carbons (Fsp3) is 0.500. The van der Waals surface area contributed by atoms with E-state index in [4.69, 9.17) is 9.97 Å². The number of nitrogens with one attached hydrogen (secondary N) is 1. The van der Waals surface area contributed by atoms with Crippen LogP contribution in [0, 0.1) is 0 Å². The first kappa shape index (κ1) is 16.6. The number of hydrogen-bond acceptors (Lipinski definition) is 6. The maximum absolute atomic E-state index is 11.9. The average molecular weight is 364 g/mol. The number of amides is 1. The highest BCUT2D eigenvalue weighted by molar-refractivity contribution is 5.74. The number of carbonyl (C=O) groups is 1. The van der Waals surface area contributed by atoms with Crippen LogP contribution >= 0.6 is 0 Å². The topological polar surface area (TPSA) is 74.2 Å². The molecule has 2 aromatic rings. The van der Waals surface area contributed by atoms with Gasteiger partial charge in [-0.05, 0) is 31.4 Å². The quantitative estimate of drug-likeness (QED) is 0.868. The first-order valence-electron chi connectivity index (χ1n) is 9.75. The van der Waals surface area contributed by atoms with Crippen LogP contribution in [0.1, 0.15) is 31.0 Å². The van der Waals surface area contributed by atoms with E-state index in [1.54, 1.807) is 13.1 Å². The molecule has 1 amide bonds. The first-order chi connectivity index (χ1) is 13.2. The molecule has 7 heteroatoms. The predicted octanol–water partition coefficient (Wildman–Crippen LogP) is 1.38. The van der Waals surface area contributed by atoms with Crippen LogP contribution in [0.15, 0.2) is 24.4 Å². The Kier molecular flexibility index (Phi) is 4.04. The Hall–Kier alpha value is -2.54. The molecule has 1 N–H and O–H groups in total. The lowest BCUT2D eigenvalue weighted by Crippen LogP contribution is -2.52. The summed E-state index contributed by atoms with van der Waals surface area (Å²) in [5.74, 6) is 1.79. The SMILES string of the molecule is CC(=O)N1CCc2c(nc(-c3ccccn3)nc2N2C[C@H]3CC[C@@H](C2)N3)C1. The van der Waals surface area contributed by atoms with Gasteiger partial charge in [-0.3, -0.25) is 9.78 Å². The summed E-state index contributed by atoms with van der Waals surface area (Å²) < 4.78 is 0. The van der Waals surface area contributed by atoms with Gasteiger partial charge in [0, 0.05) is 50.4 Å². The summed E-state index contributed by atoms with van der Waals surface area (Å²) in [7, 11) is 0. The Labute approximate surface area is 158 Å². The van der Waals surface area contributed by atoms with Crippen LogP contribution in [-0.4, -0.2) is 57.5 Å². The highest BCUT2D eigenvalue weighted by Crippen LogP contribution is 2.32. The summed E-state index contributed by atoms with van der Waals surface area (Å²) in [4.78, 5) is 30.4. The van der Waals surface area contributed by atoms with Crippen molar-refractivity contribution < 1.29 is 4.79 Å². The van der Waals surface area contributed by atoms with Gasteiger partial charge in [-0.25, -0.2) is 9.97 Å². The lowest BCUT2D eigenvalue weighted by atomic mass is 10.0. The normalized spacial score (nSPS) is 24.0. The number of aromatic nitrogens is 3. The van der Waals surface area contributed by atoms with Crippen molar-refractivity contribution in [1.29, 1.82) is 0 Å². The molecular formula is C20H24N6O. The van der Waals surface area contributed by atoms with Crippen molar-refractivity contribution in [3.63, 3.8) is 0 Å². The van der Waals surface area contributed by atoms with Crippen molar-refractivity contribution >= 4 is 11.7 Å². The van der Waals surface area contributed by atoms with Gasteiger partial charge in [-0.1, -0.05) is 6.07 Å². The molecule has 5 rings (SSSR count). The summed E-state index contributed by atoms with van der Waals surface area (Å²) in [6, 6.07) is 6.89. The lowest BCUT2D eigenvalue weighted by molar-refractivity contribution is -0.129. The highest BCUT2D eigenvalue weighted by Gasteiger charge is 2.35. The fourth-order valence-electron chi connectivity index (χ4n) is 4.52. The maximum atomic E-state index is 11.9. The van der Waals surface area contributed by atoms with Crippen molar-refractivity contribution in [3.8, 4) is 11.5 Å². The van der Waals surface area contributed by atoms with Gasteiger partial charge in [0.15, 0.2) is 5.82 Å². The number of anilines is 1. The minimum atomic E-state index is 0.0976. The zero-order chi connectivity index (χ0) is 18.4. The van der Waals surface area contributed by atoms with Gasteiger partial charge < -0.3 is 15.1 Å². The number of rotatable bonds is 2. The molecular weight excluding hydrogens is 340 g/mol. The van der Waals surface area contributed by atoms with Gasteiger partial charge in [0.1, 0.15) is 11.5 Å². The van der Waals surface area contributed by atoms with Gasteiger partial charge in [0.2, 0.25) is 5.91 Å². The second kappa shape index (κ2) is 6.56. The molecule has 0 aromatic carbocycles. The molecule has 2 atom stereocenters. The van der Waals surface area contributed by atoms with Crippen LogP contribution in [-0.2, 0) is 17.8 Å². The molecule has 3 aliphatic rings. The molecule has 7 nitrogen and oxygen atoms in total. The van der Waals surface area contributed by atoms with Crippen molar-refractivity contribution in [2.45, 2.75) is 44.8 Å². The van der Waals surface area contributed by atoms with Crippen LogP contribution in [0.4, 0.5) is 5.82 Å². The molecule has 2 aromatic heterocycles. The third-order valence-electron chi connectivity index (χ3n) is 5.90. The Balaban J connectivity index is 1.58. The van der Waals surface area contributed by atoms with Crippen LogP contribution in [0.5, 0.6) is 0 Å². The van der Waals surface area contributed by atoms with E-state index in [1.165, 1.54) is 18.4 Å². The Morgan fingerprint density at radius 1 is 1.19 bits per heavy atom. The van der Waals surface area contributed by atoms with Gasteiger partial charge in [-0.15, -0.1) is 0 Å². The number of nitrogens with zero attached hydrogens (tertiary/aromatic N) is 5. The zero-order valence-corrected chi connectivity index (χ0v) is 15.6. The molecule has 5 heterocycles. The molecule has 0 unspecified atom stereocenters. The van der Waals surface area contributed by atoms with E-state index in [0.717, 1.165) is 43.3 Å². The van der Waals surface area contributed by atoms with Crippen molar-refractivity contribution in [2.24, 2.45) is 0 Å². The summed E-state index contributed by atoms with van der Waals surface area (Å²) in [6.45, 7) is 4.89. The van der Waals surface area contributed by atoms with Crippen LogP contribution in [0.25, 0.3) is 11.5 Å². The molecule has 2 saturated heterocycles. The van der Waals surface area contributed by atoms with Gasteiger partial charge in [0.05, 0.1) is 12.2 Å². The Morgan fingerprint density at radius 3 is 2.70 bits per heavy atom. The van der Waals surface area contributed by atoms with Crippen LogP contribution in [0.3, 0.4) is 0 Å². The minimum absolute atomic E-state index is 0.0976. The fourth-order valence-corrected chi connectivity index (χ4v) is 4.52. The summed E-state index contributed by atoms with van der Waals surface area (Å²) in [6.07, 6.45) is 5.05. The van der Waals surface area contributed by atoms with Crippen molar-refractivity contribution in [2.75, 3.05) is 24.5 Å². The van der Waals surface area contributed by atoms with E-state index < -0.39 is 0 Å². The van der Waals surface area contributed by atoms with Crippen molar-refractivity contribution in [1.82, 2.24) is 25.2 Å². The van der Waals surface area contributed by atoms with Gasteiger partial charge in [-0.2, -0.15) is 0 Å². The van der Waals surface area contributed by atoms with E-state index in [9.17, 15) is 4.79 Å². The van der Waals surface area contributed by atoms with Crippen LogP contribution < -0.4 is 10.2 Å². The second-order valence-electron chi connectivity index (χ2n) is 7.74. The minimum Gasteiger partial charge on any atom is -0.353 e. The number of piperazine rings is 1. The van der Waals surface area contributed by atoms with E-state index in [1.807, 2.05) is 23.1 Å². The molecule has 2 bridgehead atoms. The summed E-state index contributed by atoms with van der Waals surface area (Å²) in [5, 5.41) is 3.69. The van der Waals surface area contributed by atoms with E-state index in [2.05, 4.69) is 15.2 Å². The molecule has 0 aliphatic carbocycles.